The number of piperidine rings is 1. The lowest BCUT2D eigenvalue weighted by Crippen LogP contribution is -2.38. The van der Waals surface area contributed by atoms with E-state index in [4.69, 9.17) is 5.73 Å². The van der Waals surface area contributed by atoms with Crippen molar-refractivity contribution < 1.29 is 4.39 Å². The molecule has 0 atom stereocenters. The van der Waals surface area contributed by atoms with Gasteiger partial charge in [0.25, 0.3) is 0 Å². The molecule has 1 aliphatic rings. The van der Waals surface area contributed by atoms with E-state index in [-0.39, 0.29) is 5.82 Å². The topological polar surface area (TPSA) is 29.3 Å². The molecule has 1 aromatic rings. The maximum atomic E-state index is 13.4. The summed E-state index contributed by atoms with van der Waals surface area (Å²) in [6, 6.07) is 3.19. The van der Waals surface area contributed by atoms with Crippen LogP contribution in [-0.2, 0) is 0 Å². The van der Waals surface area contributed by atoms with Crippen molar-refractivity contribution in [3.8, 4) is 0 Å². The van der Waals surface area contributed by atoms with Gasteiger partial charge in [-0.2, -0.15) is 0 Å². The van der Waals surface area contributed by atoms with Crippen LogP contribution in [0.4, 0.5) is 15.8 Å². The van der Waals surface area contributed by atoms with Gasteiger partial charge in [0.15, 0.2) is 0 Å². The quantitative estimate of drug-likeness (QED) is 0.829. The number of hydrogen-bond donors (Lipinski definition) is 1. The molecule has 2 N–H and O–H groups in total. The number of anilines is 2. The molecule has 0 radical (unpaired) electrons. The van der Waals surface area contributed by atoms with Crippen LogP contribution in [0.5, 0.6) is 0 Å². The minimum absolute atomic E-state index is 0.299. The fourth-order valence-corrected chi connectivity index (χ4v) is 2.80. The Balaban J connectivity index is 2.17. The Bertz CT molecular complexity index is 440. The highest BCUT2D eigenvalue weighted by molar-refractivity contribution is 9.10. The lowest BCUT2D eigenvalue weighted by atomic mass is 9.78. The molecule has 1 fully saturated rings. The number of nitrogen functional groups attached to an aromatic ring is 1. The minimum Gasteiger partial charge on any atom is -0.397 e. The van der Waals surface area contributed by atoms with Gasteiger partial charge in [-0.05, 0) is 40.3 Å². The maximum absolute atomic E-state index is 13.4. The summed E-state index contributed by atoms with van der Waals surface area (Å²) in [4.78, 5) is 2.26. The first-order chi connectivity index (χ1) is 8.45. The van der Waals surface area contributed by atoms with Gasteiger partial charge in [0, 0.05) is 19.2 Å². The number of benzene rings is 1. The summed E-state index contributed by atoms with van der Waals surface area (Å²) >= 11 is 3.23. The molecule has 0 amide bonds. The van der Waals surface area contributed by atoms with E-state index >= 15 is 0 Å². The Labute approximate surface area is 116 Å². The lowest BCUT2D eigenvalue weighted by molar-refractivity contribution is 0.238. The van der Waals surface area contributed by atoms with Gasteiger partial charge in [0.05, 0.1) is 15.8 Å². The molecular formula is C14H20BrFN2. The number of nitrogens with two attached hydrogens (primary N) is 1. The summed E-state index contributed by atoms with van der Waals surface area (Å²) in [6.45, 7) is 6.58. The zero-order valence-electron chi connectivity index (χ0n) is 11.0. The van der Waals surface area contributed by atoms with Crippen LogP contribution in [0.25, 0.3) is 0 Å². The summed E-state index contributed by atoms with van der Waals surface area (Å²) in [7, 11) is 0. The first-order valence-electron chi connectivity index (χ1n) is 6.45. The molecule has 1 heterocycles. The van der Waals surface area contributed by atoms with E-state index in [1.807, 2.05) is 0 Å². The smallest absolute Gasteiger partial charge is 0.139 e. The molecule has 2 nitrogen and oxygen atoms in total. The van der Waals surface area contributed by atoms with Gasteiger partial charge >= 0.3 is 0 Å². The molecule has 0 unspecified atom stereocenters. The predicted octanol–water partition coefficient (Wildman–Crippen LogP) is 4.19. The SMILES string of the molecule is CCC1(C)CCN(c2cc(Br)c(F)cc2N)CC1. The fraction of sp³-hybridized carbons (Fsp3) is 0.571. The van der Waals surface area contributed by atoms with Gasteiger partial charge in [-0.25, -0.2) is 4.39 Å². The van der Waals surface area contributed by atoms with Gasteiger partial charge in [-0.1, -0.05) is 20.3 Å². The molecule has 100 valence electrons. The van der Waals surface area contributed by atoms with Crippen molar-refractivity contribution in [3.05, 3.63) is 22.4 Å². The highest BCUT2D eigenvalue weighted by Gasteiger charge is 2.29. The minimum atomic E-state index is -0.299. The standard InChI is InChI=1S/C14H20BrFN2/c1-3-14(2)4-6-18(7-5-14)13-8-10(15)11(16)9-12(13)17/h8-9H,3-7,17H2,1-2H3. The molecule has 0 aliphatic carbocycles. The summed E-state index contributed by atoms with van der Waals surface area (Å²) in [6.07, 6.45) is 3.54. The predicted molar refractivity (Wildman–Crippen MR) is 78.4 cm³/mol. The number of nitrogens with zero attached hydrogens (tertiary/aromatic N) is 1. The number of rotatable bonds is 2. The van der Waals surface area contributed by atoms with Crippen molar-refractivity contribution in [1.82, 2.24) is 0 Å². The molecule has 0 aromatic heterocycles. The number of hydrogen-bond acceptors (Lipinski definition) is 2. The summed E-state index contributed by atoms with van der Waals surface area (Å²) < 4.78 is 13.8. The second-order valence-corrected chi connectivity index (χ2v) is 6.33. The van der Waals surface area contributed by atoms with Crippen molar-refractivity contribution in [3.63, 3.8) is 0 Å². The zero-order chi connectivity index (χ0) is 13.3. The average Bonchev–Trinajstić information content (AvgIpc) is 2.35. The van der Waals surface area contributed by atoms with Crippen LogP contribution >= 0.6 is 15.9 Å². The Morgan fingerprint density at radius 3 is 2.56 bits per heavy atom. The first kappa shape index (κ1) is 13.7. The second-order valence-electron chi connectivity index (χ2n) is 5.48. The third-order valence-electron chi connectivity index (χ3n) is 4.23. The van der Waals surface area contributed by atoms with Crippen LogP contribution in [-0.4, -0.2) is 13.1 Å². The van der Waals surface area contributed by atoms with Crippen molar-refractivity contribution in [2.75, 3.05) is 23.7 Å². The number of halogens is 2. The largest absolute Gasteiger partial charge is 0.397 e. The van der Waals surface area contributed by atoms with Crippen LogP contribution in [0.3, 0.4) is 0 Å². The van der Waals surface area contributed by atoms with Crippen LogP contribution in [0.15, 0.2) is 16.6 Å². The van der Waals surface area contributed by atoms with E-state index in [0.717, 1.165) is 31.6 Å². The van der Waals surface area contributed by atoms with E-state index in [2.05, 4.69) is 34.7 Å². The van der Waals surface area contributed by atoms with Crippen LogP contribution < -0.4 is 10.6 Å². The summed E-state index contributed by atoms with van der Waals surface area (Å²) in [5, 5.41) is 0. The summed E-state index contributed by atoms with van der Waals surface area (Å²) in [5.41, 5.74) is 7.84. The Hall–Kier alpha value is -0.770. The van der Waals surface area contributed by atoms with Gasteiger partial charge < -0.3 is 10.6 Å². The normalized spacial score (nSPS) is 19.0. The Morgan fingerprint density at radius 2 is 2.00 bits per heavy atom. The van der Waals surface area contributed by atoms with Gasteiger partial charge in [0.1, 0.15) is 5.82 Å². The van der Waals surface area contributed by atoms with E-state index in [0.29, 0.717) is 15.6 Å². The molecule has 18 heavy (non-hydrogen) atoms. The van der Waals surface area contributed by atoms with E-state index < -0.39 is 0 Å². The Morgan fingerprint density at radius 1 is 1.39 bits per heavy atom. The van der Waals surface area contributed by atoms with Gasteiger partial charge in [-0.15, -0.1) is 0 Å². The van der Waals surface area contributed by atoms with Crippen molar-refractivity contribution >= 4 is 27.3 Å². The van der Waals surface area contributed by atoms with E-state index in [1.165, 1.54) is 12.5 Å². The van der Waals surface area contributed by atoms with Crippen LogP contribution in [0.2, 0.25) is 0 Å². The zero-order valence-corrected chi connectivity index (χ0v) is 12.6. The lowest BCUT2D eigenvalue weighted by Gasteiger charge is -2.40. The van der Waals surface area contributed by atoms with Crippen molar-refractivity contribution in [2.24, 2.45) is 5.41 Å². The highest BCUT2D eigenvalue weighted by atomic mass is 79.9. The monoisotopic (exact) mass is 314 g/mol. The summed E-state index contributed by atoms with van der Waals surface area (Å²) in [5.74, 6) is -0.299. The Kier molecular flexibility index (Phi) is 3.85. The van der Waals surface area contributed by atoms with E-state index in [1.54, 1.807) is 6.07 Å². The molecular weight excluding hydrogens is 295 g/mol. The van der Waals surface area contributed by atoms with Gasteiger partial charge in [0.2, 0.25) is 0 Å². The molecule has 4 heteroatoms. The van der Waals surface area contributed by atoms with E-state index in [9.17, 15) is 4.39 Å². The van der Waals surface area contributed by atoms with Crippen molar-refractivity contribution in [2.45, 2.75) is 33.1 Å². The maximum Gasteiger partial charge on any atom is 0.139 e. The molecule has 0 spiro atoms. The third kappa shape index (κ3) is 2.63. The first-order valence-corrected chi connectivity index (χ1v) is 7.24. The molecule has 1 aliphatic heterocycles. The second kappa shape index (κ2) is 5.08. The molecule has 0 saturated carbocycles. The highest BCUT2D eigenvalue weighted by Crippen LogP contribution is 2.38. The average molecular weight is 315 g/mol. The van der Waals surface area contributed by atoms with Crippen LogP contribution in [0, 0.1) is 11.2 Å². The molecule has 1 saturated heterocycles. The fourth-order valence-electron chi connectivity index (χ4n) is 2.47. The van der Waals surface area contributed by atoms with Gasteiger partial charge in [-0.3, -0.25) is 0 Å². The van der Waals surface area contributed by atoms with Crippen molar-refractivity contribution in [1.29, 1.82) is 0 Å². The molecule has 0 bridgehead atoms. The molecule has 2 rings (SSSR count). The molecule has 1 aromatic carbocycles. The third-order valence-corrected chi connectivity index (χ3v) is 4.84. The van der Waals surface area contributed by atoms with Crippen LogP contribution in [0.1, 0.15) is 33.1 Å².